The number of anilines is 1. The minimum atomic E-state index is -0.405. The Labute approximate surface area is 181 Å². The molecule has 4 aromatic rings. The monoisotopic (exact) mass is 436 g/mol. The van der Waals surface area contributed by atoms with Gasteiger partial charge >= 0.3 is 0 Å². The van der Waals surface area contributed by atoms with Gasteiger partial charge < -0.3 is 4.42 Å². The predicted molar refractivity (Wildman–Crippen MR) is 117 cm³/mol. The van der Waals surface area contributed by atoms with Crippen molar-refractivity contribution in [3.63, 3.8) is 0 Å². The first-order valence-corrected chi connectivity index (χ1v) is 10.9. The number of nitrogens with zero attached hydrogens (tertiary/aromatic N) is 4. The van der Waals surface area contributed by atoms with Gasteiger partial charge in [0.2, 0.25) is 16.9 Å². The van der Waals surface area contributed by atoms with Crippen LogP contribution in [0.1, 0.15) is 36.0 Å². The summed E-state index contributed by atoms with van der Waals surface area (Å²) >= 11 is 1.25. The quantitative estimate of drug-likeness (QED) is 0.445. The van der Waals surface area contributed by atoms with Gasteiger partial charge in [-0.15, -0.1) is 5.10 Å². The molecule has 9 nitrogen and oxygen atoms in total. The molecule has 1 aliphatic rings. The molecule has 3 aromatic heterocycles. The van der Waals surface area contributed by atoms with E-state index in [1.54, 1.807) is 13.8 Å². The molecule has 5 rings (SSSR count). The van der Waals surface area contributed by atoms with E-state index < -0.39 is 5.56 Å². The molecule has 0 unspecified atom stereocenters. The van der Waals surface area contributed by atoms with Crippen molar-refractivity contribution in [3.05, 3.63) is 58.0 Å². The standard InChI is InChI=1S/C21H20N6O3S/c1-11-16-12(2)30-20(17(16)19(29)25-24-11)22-15(28)10-31-21-23-18(13-8-9-13)27(26-21)14-6-4-3-5-7-14/h3-7,13H,8-10H2,1-2H3,(H,22,28)(H,25,29). The molecular formula is C21H20N6O3S. The topological polar surface area (TPSA) is 119 Å². The highest BCUT2D eigenvalue weighted by atomic mass is 32.2. The number of aromatic amines is 1. The summed E-state index contributed by atoms with van der Waals surface area (Å²) in [6.45, 7) is 3.51. The van der Waals surface area contributed by atoms with E-state index in [1.165, 1.54) is 11.8 Å². The normalized spacial score (nSPS) is 13.6. The number of H-pyrrole nitrogens is 1. The lowest BCUT2D eigenvalue weighted by atomic mass is 10.2. The molecule has 158 valence electrons. The predicted octanol–water partition coefficient (Wildman–Crippen LogP) is 3.32. The van der Waals surface area contributed by atoms with E-state index in [4.69, 9.17) is 4.42 Å². The second kappa shape index (κ2) is 7.69. The van der Waals surface area contributed by atoms with Crippen LogP contribution in [0.5, 0.6) is 0 Å². The van der Waals surface area contributed by atoms with Crippen molar-refractivity contribution >= 4 is 34.3 Å². The summed E-state index contributed by atoms with van der Waals surface area (Å²) in [5.74, 6) is 1.79. The number of hydrogen-bond acceptors (Lipinski definition) is 7. The minimum absolute atomic E-state index is 0.0894. The van der Waals surface area contributed by atoms with E-state index in [-0.39, 0.29) is 17.5 Å². The number of hydrogen-bond donors (Lipinski definition) is 2. The van der Waals surface area contributed by atoms with Crippen molar-refractivity contribution in [1.82, 2.24) is 25.0 Å². The lowest BCUT2D eigenvalue weighted by Gasteiger charge is -2.03. The first-order valence-electron chi connectivity index (χ1n) is 9.94. The molecule has 1 amide bonds. The molecule has 31 heavy (non-hydrogen) atoms. The van der Waals surface area contributed by atoms with Crippen molar-refractivity contribution in [2.24, 2.45) is 0 Å². The van der Waals surface area contributed by atoms with Gasteiger partial charge in [-0.25, -0.2) is 14.8 Å². The fraction of sp³-hybridized carbons (Fsp3) is 0.286. The number of thioether (sulfide) groups is 1. The molecule has 0 atom stereocenters. The molecule has 0 aliphatic heterocycles. The second-order valence-corrected chi connectivity index (χ2v) is 8.43. The van der Waals surface area contributed by atoms with Gasteiger partial charge in [0.15, 0.2) is 0 Å². The Kier molecular flexibility index (Phi) is 4.85. The van der Waals surface area contributed by atoms with Gasteiger partial charge in [-0.05, 0) is 38.8 Å². The maximum absolute atomic E-state index is 12.6. The SMILES string of the molecule is Cc1n[nH]c(=O)c2c(NC(=O)CSc3nc(C4CC4)n(-c4ccccc4)n3)oc(C)c12. The molecule has 2 N–H and O–H groups in total. The largest absolute Gasteiger partial charge is 0.444 e. The molecule has 3 heterocycles. The molecule has 0 bridgehead atoms. The van der Waals surface area contributed by atoms with Gasteiger partial charge in [0, 0.05) is 5.92 Å². The maximum Gasteiger partial charge on any atom is 0.277 e. The number of carbonyl (C=O) groups is 1. The summed E-state index contributed by atoms with van der Waals surface area (Å²) in [5.41, 5.74) is 1.18. The maximum atomic E-state index is 12.6. The van der Waals surface area contributed by atoms with Crippen LogP contribution in [0.15, 0.2) is 44.7 Å². The highest BCUT2D eigenvalue weighted by Gasteiger charge is 2.30. The lowest BCUT2D eigenvalue weighted by molar-refractivity contribution is -0.113. The zero-order chi connectivity index (χ0) is 21.5. The van der Waals surface area contributed by atoms with Crippen LogP contribution in [0.3, 0.4) is 0 Å². The zero-order valence-electron chi connectivity index (χ0n) is 17.0. The highest BCUT2D eigenvalue weighted by Crippen LogP contribution is 2.40. The second-order valence-electron chi connectivity index (χ2n) is 7.49. The van der Waals surface area contributed by atoms with E-state index >= 15 is 0 Å². The van der Waals surface area contributed by atoms with Crippen LogP contribution in [-0.4, -0.2) is 36.6 Å². The number of nitrogens with one attached hydrogen (secondary N) is 2. The number of carbonyl (C=O) groups excluding carboxylic acids is 1. The average molecular weight is 436 g/mol. The van der Waals surface area contributed by atoms with Crippen LogP contribution in [0.4, 0.5) is 5.88 Å². The first kappa shape index (κ1) is 19.6. The average Bonchev–Trinajstić information content (AvgIpc) is 3.43. The van der Waals surface area contributed by atoms with E-state index in [0.29, 0.717) is 33.3 Å². The van der Waals surface area contributed by atoms with Crippen molar-refractivity contribution in [3.8, 4) is 5.69 Å². The van der Waals surface area contributed by atoms with Gasteiger partial charge in [-0.2, -0.15) is 5.10 Å². The van der Waals surface area contributed by atoms with Crippen molar-refractivity contribution in [2.75, 3.05) is 11.1 Å². The number of aromatic nitrogens is 5. The van der Waals surface area contributed by atoms with Crippen molar-refractivity contribution in [1.29, 1.82) is 0 Å². The number of benzene rings is 1. The Balaban J connectivity index is 1.34. The van der Waals surface area contributed by atoms with Gasteiger partial charge in [-0.3, -0.25) is 14.9 Å². The summed E-state index contributed by atoms with van der Waals surface area (Å²) < 4.78 is 7.49. The van der Waals surface area contributed by atoms with E-state index in [9.17, 15) is 9.59 Å². The number of para-hydroxylation sites is 1. The third kappa shape index (κ3) is 3.74. The number of amides is 1. The van der Waals surface area contributed by atoms with E-state index in [2.05, 4.69) is 25.6 Å². The molecule has 0 saturated heterocycles. The molecule has 1 aromatic carbocycles. The molecule has 0 radical (unpaired) electrons. The Bertz CT molecular complexity index is 1340. The molecule has 1 saturated carbocycles. The summed E-state index contributed by atoms with van der Waals surface area (Å²) in [6.07, 6.45) is 2.20. The number of fused-ring (bicyclic) bond motifs is 1. The lowest BCUT2D eigenvalue weighted by Crippen LogP contribution is -2.16. The van der Waals surface area contributed by atoms with Crippen LogP contribution < -0.4 is 10.9 Å². The van der Waals surface area contributed by atoms with Gasteiger partial charge in [0.05, 0.1) is 22.5 Å². The first-order chi connectivity index (χ1) is 15.0. The molecule has 0 spiro atoms. The third-order valence-electron chi connectivity index (χ3n) is 5.14. The Hall–Kier alpha value is -3.40. The van der Waals surface area contributed by atoms with E-state index in [0.717, 1.165) is 24.4 Å². The number of furan rings is 1. The Morgan fingerprint density at radius 2 is 2.03 bits per heavy atom. The van der Waals surface area contributed by atoms with Gasteiger partial charge in [0.25, 0.3) is 5.56 Å². The molecular weight excluding hydrogens is 416 g/mol. The van der Waals surface area contributed by atoms with Crippen LogP contribution in [0, 0.1) is 13.8 Å². The molecule has 1 aliphatic carbocycles. The van der Waals surface area contributed by atoms with Crippen LogP contribution >= 0.6 is 11.8 Å². The fourth-order valence-corrected chi connectivity index (χ4v) is 4.18. The van der Waals surface area contributed by atoms with Gasteiger partial charge in [-0.1, -0.05) is 30.0 Å². The highest BCUT2D eigenvalue weighted by molar-refractivity contribution is 7.99. The van der Waals surface area contributed by atoms with Crippen LogP contribution in [0.25, 0.3) is 16.5 Å². The molecule has 1 fully saturated rings. The Morgan fingerprint density at radius 3 is 2.77 bits per heavy atom. The summed E-state index contributed by atoms with van der Waals surface area (Å²) in [6, 6.07) is 9.85. The summed E-state index contributed by atoms with van der Waals surface area (Å²) in [4.78, 5) is 29.4. The van der Waals surface area contributed by atoms with E-state index in [1.807, 2.05) is 35.0 Å². The van der Waals surface area contributed by atoms with Crippen molar-refractivity contribution in [2.45, 2.75) is 37.8 Å². The summed E-state index contributed by atoms with van der Waals surface area (Å²) in [5, 5.41) is 15.1. The van der Waals surface area contributed by atoms with Crippen LogP contribution in [0.2, 0.25) is 0 Å². The summed E-state index contributed by atoms with van der Waals surface area (Å²) in [7, 11) is 0. The van der Waals surface area contributed by atoms with Crippen molar-refractivity contribution < 1.29 is 9.21 Å². The smallest absolute Gasteiger partial charge is 0.277 e. The Morgan fingerprint density at radius 1 is 1.26 bits per heavy atom. The zero-order valence-corrected chi connectivity index (χ0v) is 17.8. The van der Waals surface area contributed by atoms with Crippen LogP contribution in [-0.2, 0) is 4.79 Å². The minimum Gasteiger partial charge on any atom is -0.444 e. The number of rotatable bonds is 6. The number of aryl methyl sites for hydroxylation is 2. The molecule has 10 heteroatoms. The third-order valence-corrected chi connectivity index (χ3v) is 5.98. The van der Waals surface area contributed by atoms with Gasteiger partial charge in [0.1, 0.15) is 17.0 Å². The fourth-order valence-electron chi connectivity index (χ4n) is 3.55.